The van der Waals surface area contributed by atoms with Crippen LogP contribution in [0.3, 0.4) is 0 Å². The van der Waals surface area contributed by atoms with Crippen LogP contribution in [0.15, 0.2) is 0 Å². The third-order valence-corrected chi connectivity index (χ3v) is 3.24. The molecule has 0 aromatic carbocycles. The van der Waals surface area contributed by atoms with Crippen molar-refractivity contribution >= 4 is 5.78 Å². The molecule has 2 aliphatic heterocycles. The predicted octanol–water partition coefficient (Wildman–Crippen LogP) is 0.216. The molecule has 4 nitrogen and oxygen atoms in total. The Kier molecular flexibility index (Phi) is 3.72. The van der Waals surface area contributed by atoms with Gasteiger partial charge in [0.1, 0.15) is 5.78 Å². The zero-order valence-corrected chi connectivity index (χ0v) is 9.20. The van der Waals surface area contributed by atoms with Crippen LogP contribution >= 0.6 is 0 Å². The van der Waals surface area contributed by atoms with Gasteiger partial charge in [-0.2, -0.15) is 0 Å². The highest BCUT2D eigenvalue weighted by Crippen LogP contribution is 2.23. The molecular weight excluding hydrogens is 194 g/mol. The van der Waals surface area contributed by atoms with Crippen molar-refractivity contribution in [1.82, 2.24) is 5.32 Å². The van der Waals surface area contributed by atoms with Crippen molar-refractivity contribution in [2.75, 3.05) is 33.0 Å². The number of ketones is 1. The smallest absolute Gasteiger partial charge is 0.145 e. The van der Waals surface area contributed by atoms with E-state index in [0.717, 1.165) is 19.6 Å². The lowest BCUT2D eigenvalue weighted by Crippen LogP contribution is -2.41. The van der Waals surface area contributed by atoms with Crippen LogP contribution in [0.2, 0.25) is 0 Å². The maximum atomic E-state index is 12.1. The summed E-state index contributed by atoms with van der Waals surface area (Å²) in [4.78, 5) is 12.1. The Morgan fingerprint density at radius 1 is 1.33 bits per heavy atom. The van der Waals surface area contributed by atoms with E-state index >= 15 is 0 Å². The van der Waals surface area contributed by atoms with E-state index in [9.17, 15) is 4.79 Å². The lowest BCUT2D eigenvalue weighted by molar-refractivity contribution is -0.127. The summed E-state index contributed by atoms with van der Waals surface area (Å²) in [5.74, 6) is 0.477. The second-order valence-corrected chi connectivity index (χ2v) is 4.27. The van der Waals surface area contributed by atoms with Crippen LogP contribution in [0.25, 0.3) is 0 Å². The van der Waals surface area contributed by atoms with E-state index in [4.69, 9.17) is 9.47 Å². The van der Waals surface area contributed by atoms with Gasteiger partial charge < -0.3 is 14.8 Å². The van der Waals surface area contributed by atoms with Gasteiger partial charge in [-0.3, -0.25) is 4.79 Å². The van der Waals surface area contributed by atoms with E-state index in [1.807, 2.05) is 0 Å². The first-order valence-electron chi connectivity index (χ1n) is 5.75. The highest BCUT2D eigenvalue weighted by atomic mass is 16.5. The molecule has 0 spiro atoms. The fourth-order valence-electron chi connectivity index (χ4n) is 2.36. The quantitative estimate of drug-likeness (QED) is 0.725. The van der Waals surface area contributed by atoms with E-state index < -0.39 is 0 Å². The summed E-state index contributed by atoms with van der Waals surface area (Å²) in [6.07, 6.45) is 0.883. The van der Waals surface area contributed by atoms with Gasteiger partial charge in [-0.15, -0.1) is 0 Å². The van der Waals surface area contributed by atoms with Gasteiger partial charge in [-0.05, 0) is 13.0 Å². The van der Waals surface area contributed by atoms with Gasteiger partial charge in [0.2, 0.25) is 0 Å². The second kappa shape index (κ2) is 5.05. The Hall–Kier alpha value is -0.450. The van der Waals surface area contributed by atoms with Crippen molar-refractivity contribution in [3.05, 3.63) is 0 Å². The van der Waals surface area contributed by atoms with Gasteiger partial charge in [-0.25, -0.2) is 0 Å². The summed E-state index contributed by atoms with van der Waals surface area (Å²) in [6.45, 7) is 5.52. The number of carbonyl (C=O) groups excluding carboxylic acids is 1. The lowest BCUT2D eigenvalue weighted by atomic mass is 9.89. The summed E-state index contributed by atoms with van der Waals surface area (Å²) in [6, 6.07) is 0.211. The molecule has 0 amide bonds. The third kappa shape index (κ3) is 2.38. The number of hydrogen-bond donors (Lipinski definition) is 1. The number of ether oxygens (including phenoxy) is 2. The summed E-state index contributed by atoms with van der Waals surface area (Å²) in [5, 5.41) is 3.31. The predicted molar refractivity (Wildman–Crippen MR) is 55.7 cm³/mol. The minimum absolute atomic E-state index is 0.0386. The van der Waals surface area contributed by atoms with Crippen LogP contribution in [-0.2, 0) is 14.3 Å². The molecule has 2 aliphatic rings. The van der Waals surface area contributed by atoms with Crippen molar-refractivity contribution in [1.29, 1.82) is 0 Å². The number of rotatable bonds is 4. The highest BCUT2D eigenvalue weighted by Gasteiger charge is 2.38. The second-order valence-electron chi connectivity index (χ2n) is 4.27. The molecule has 2 fully saturated rings. The number of carbonyl (C=O) groups is 1. The molecule has 2 rings (SSSR count). The van der Waals surface area contributed by atoms with Crippen molar-refractivity contribution in [2.24, 2.45) is 11.8 Å². The first kappa shape index (κ1) is 11.0. The normalized spacial score (nSPS) is 35.9. The molecule has 0 radical (unpaired) electrons. The molecule has 3 atom stereocenters. The van der Waals surface area contributed by atoms with E-state index in [1.165, 1.54) is 0 Å². The standard InChI is InChI=1S/C11H19NO3/c1-2-12-10-7-15-6-9(10)11(13)8-3-4-14-5-8/h8-10,12H,2-7H2,1H3. The summed E-state index contributed by atoms with van der Waals surface area (Å²) < 4.78 is 10.6. The average Bonchev–Trinajstić information content (AvgIpc) is 2.87. The van der Waals surface area contributed by atoms with Crippen LogP contribution in [0.4, 0.5) is 0 Å². The Balaban J connectivity index is 1.92. The summed E-state index contributed by atoms with van der Waals surface area (Å²) in [7, 11) is 0. The first-order valence-corrected chi connectivity index (χ1v) is 5.75. The maximum Gasteiger partial charge on any atom is 0.145 e. The van der Waals surface area contributed by atoms with Crippen LogP contribution in [0, 0.1) is 11.8 Å². The van der Waals surface area contributed by atoms with E-state index in [2.05, 4.69) is 12.2 Å². The molecule has 0 aromatic heterocycles. The molecule has 4 heteroatoms. The van der Waals surface area contributed by atoms with Gasteiger partial charge in [-0.1, -0.05) is 6.92 Å². The minimum atomic E-state index is 0.0386. The fraction of sp³-hybridized carbons (Fsp3) is 0.909. The van der Waals surface area contributed by atoms with Crippen LogP contribution in [-0.4, -0.2) is 44.8 Å². The highest BCUT2D eigenvalue weighted by molar-refractivity contribution is 5.84. The molecule has 0 saturated carbocycles. The number of Topliss-reactive ketones (excluding diaryl/α,β-unsaturated/α-hetero) is 1. The zero-order valence-electron chi connectivity index (χ0n) is 9.20. The zero-order chi connectivity index (χ0) is 10.7. The van der Waals surface area contributed by atoms with E-state index in [0.29, 0.717) is 25.6 Å². The van der Waals surface area contributed by atoms with Crippen molar-refractivity contribution < 1.29 is 14.3 Å². The summed E-state index contributed by atoms with van der Waals surface area (Å²) >= 11 is 0. The van der Waals surface area contributed by atoms with Gasteiger partial charge in [0, 0.05) is 18.6 Å². The van der Waals surface area contributed by atoms with Gasteiger partial charge in [0.15, 0.2) is 0 Å². The van der Waals surface area contributed by atoms with E-state index in [-0.39, 0.29) is 17.9 Å². The van der Waals surface area contributed by atoms with Crippen molar-refractivity contribution in [3.63, 3.8) is 0 Å². The number of nitrogens with one attached hydrogen (secondary N) is 1. The van der Waals surface area contributed by atoms with Gasteiger partial charge in [0.05, 0.1) is 25.7 Å². The van der Waals surface area contributed by atoms with E-state index in [1.54, 1.807) is 0 Å². The minimum Gasteiger partial charge on any atom is -0.381 e. The van der Waals surface area contributed by atoms with Crippen molar-refractivity contribution in [2.45, 2.75) is 19.4 Å². The largest absolute Gasteiger partial charge is 0.381 e. The van der Waals surface area contributed by atoms with Gasteiger partial charge in [0.25, 0.3) is 0 Å². The molecule has 86 valence electrons. The molecule has 0 aliphatic carbocycles. The van der Waals surface area contributed by atoms with Crippen molar-refractivity contribution in [3.8, 4) is 0 Å². The SMILES string of the molecule is CCNC1COCC1C(=O)C1CCOC1. The molecule has 15 heavy (non-hydrogen) atoms. The monoisotopic (exact) mass is 213 g/mol. The Morgan fingerprint density at radius 2 is 2.20 bits per heavy atom. The van der Waals surface area contributed by atoms with Crippen LogP contribution < -0.4 is 5.32 Å². The number of hydrogen-bond acceptors (Lipinski definition) is 4. The molecule has 3 unspecified atom stereocenters. The van der Waals surface area contributed by atoms with Gasteiger partial charge >= 0.3 is 0 Å². The number of likely N-dealkylation sites (N-methyl/N-ethyl adjacent to an activating group) is 1. The van der Waals surface area contributed by atoms with Crippen LogP contribution in [0.1, 0.15) is 13.3 Å². The Bertz CT molecular complexity index is 226. The molecule has 2 heterocycles. The topological polar surface area (TPSA) is 47.6 Å². The maximum absolute atomic E-state index is 12.1. The fourth-order valence-corrected chi connectivity index (χ4v) is 2.36. The average molecular weight is 213 g/mol. The Labute approximate surface area is 90.3 Å². The first-order chi connectivity index (χ1) is 7.33. The third-order valence-electron chi connectivity index (χ3n) is 3.24. The Morgan fingerprint density at radius 3 is 2.87 bits per heavy atom. The van der Waals surface area contributed by atoms with Crippen LogP contribution in [0.5, 0.6) is 0 Å². The molecule has 2 saturated heterocycles. The molecule has 0 aromatic rings. The molecule has 0 bridgehead atoms. The lowest BCUT2D eigenvalue weighted by Gasteiger charge is -2.19. The molecule has 1 N–H and O–H groups in total. The molecular formula is C11H19NO3. The summed E-state index contributed by atoms with van der Waals surface area (Å²) in [5.41, 5.74) is 0.